The van der Waals surface area contributed by atoms with Crippen LogP contribution in [0.5, 0.6) is 5.75 Å². The molecule has 1 saturated carbocycles. The van der Waals surface area contributed by atoms with E-state index in [9.17, 15) is 4.79 Å². The van der Waals surface area contributed by atoms with Gasteiger partial charge < -0.3 is 30.5 Å². The SMILES string of the molecule is CCN1CCN(c2ccc(Nc3cc(-c4cncnc4Nc4c(Cl)c(OC)cc(C(=O)NC5CC5)c4Cl)ncn3)nc2)CC1. The Balaban J connectivity index is 1.22. The van der Waals surface area contributed by atoms with Crippen LogP contribution in [0.1, 0.15) is 30.1 Å². The molecular formula is C30H32Cl2N10O2. The lowest BCUT2D eigenvalue weighted by Crippen LogP contribution is -2.46. The van der Waals surface area contributed by atoms with Crippen molar-refractivity contribution in [3.8, 4) is 17.0 Å². The van der Waals surface area contributed by atoms with E-state index in [0.717, 1.165) is 51.3 Å². The number of piperazine rings is 1. The van der Waals surface area contributed by atoms with E-state index in [1.807, 2.05) is 12.3 Å². The number of benzene rings is 1. The minimum atomic E-state index is -0.300. The van der Waals surface area contributed by atoms with Gasteiger partial charge in [0.15, 0.2) is 0 Å². The minimum Gasteiger partial charge on any atom is -0.495 e. The first-order valence-corrected chi connectivity index (χ1v) is 15.2. The van der Waals surface area contributed by atoms with E-state index >= 15 is 0 Å². The number of hydrogen-bond acceptors (Lipinski definition) is 11. The number of pyridine rings is 1. The van der Waals surface area contributed by atoms with E-state index in [2.05, 4.69) is 63.7 Å². The van der Waals surface area contributed by atoms with Crippen LogP contribution in [0.15, 0.2) is 49.3 Å². The number of anilines is 5. The molecule has 228 valence electrons. The fraction of sp³-hybridized carbons (Fsp3) is 0.333. The van der Waals surface area contributed by atoms with Gasteiger partial charge in [0.05, 0.1) is 46.5 Å². The average molecular weight is 636 g/mol. The highest BCUT2D eigenvalue weighted by molar-refractivity contribution is 6.42. The van der Waals surface area contributed by atoms with Gasteiger partial charge in [-0.3, -0.25) is 4.79 Å². The number of nitrogens with one attached hydrogen (secondary N) is 3. The van der Waals surface area contributed by atoms with Crippen molar-refractivity contribution in [2.45, 2.75) is 25.8 Å². The summed E-state index contributed by atoms with van der Waals surface area (Å²) < 4.78 is 5.44. The smallest absolute Gasteiger partial charge is 0.253 e. The molecule has 4 heterocycles. The molecule has 0 spiro atoms. The molecule has 0 atom stereocenters. The maximum Gasteiger partial charge on any atom is 0.253 e. The Bertz CT molecular complexity index is 1640. The van der Waals surface area contributed by atoms with Crippen LogP contribution in [-0.4, -0.2) is 81.6 Å². The van der Waals surface area contributed by atoms with Crippen LogP contribution in [0.4, 0.5) is 28.8 Å². The second-order valence-corrected chi connectivity index (χ2v) is 11.3. The fourth-order valence-corrected chi connectivity index (χ4v) is 5.54. The van der Waals surface area contributed by atoms with Crippen LogP contribution in [0.25, 0.3) is 11.3 Å². The van der Waals surface area contributed by atoms with E-state index in [1.54, 1.807) is 12.3 Å². The highest BCUT2D eigenvalue weighted by Crippen LogP contribution is 2.43. The minimum absolute atomic E-state index is 0.144. The maximum absolute atomic E-state index is 12.9. The zero-order chi connectivity index (χ0) is 30.6. The Morgan fingerprint density at radius 2 is 1.77 bits per heavy atom. The van der Waals surface area contributed by atoms with Crippen LogP contribution in [-0.2, 0) is 0 Å². The third-order valence-electron chi connectivity index (χ3n) is 7.63. The van der Waals surface area contributed by atoms with Crippen LogP contribution in [0, 0.1) is 0 Å². The summed E-state index contributed by atoms with van der Waals surface area (Å²) in [6.07, 6.45) is 8.22. The van der Waals surface area contributed by atoms with Crippen molar-refractivity contribution in [3.63, 3.8) is 0 Å². The number of carbonyl (C=O) groups excluding carboxylic acids is 1. The van der Waals surface area contributed by atoms with E-state index in [1.165, 1.54) is 25.8 Å². The molecule has 2 aliphatic rings. The summed E-state index contributed by atoms with van der Waals surface area (Å²) >= 11 is 13.4. The normalized spacial score (nSPS) is 15.1. The predicted molar refractivity (Wildman–Crippen MR) is 172 cm³/mol. The number of nitrogens with zero attached hydrogens (tertiary/aromatic N) is 7. The molecule has 0 unspecified atom stereocenters. The van der Waals surface area contributed by atoms with Crippen molar-refractivity contribution in [2.24, 2.45) is 0 Å². The van der Waals surface area contributed by atoms with Crippen molar-refractivity contribution >= 4 is 57.9 Å². The van der Waals surface area contributed by atoms with Gasteiger partial charge in [0, 0.05) is 44.5 Å². The average Bonchev–Trinajstić information content (AvgIpc) is 3.88. The van der Waals surface area contributed by atoms with Gasteiger partial charge in [-0.25, -0.2) is 24.9 Å². The standard InChI is InChI=1S/C30H32Cl2N10O2/c1-3-41-8-10-42(11-9-41)19-6-7-24(34-14-19)39-25-13-22(35-17-36-25)21-15-33-16-37-29(21)40-28-26(31)20(12-23(44-2)27(28)32)30(43)38-18-4-5-18/h6-7,12-18H,3-5,8-11H2,1-2H3,(H,38,43)(H,33,37,40)(H,34,35,36,39). The predicted octanol–water partition coefficient (Wildman–Crippen LogP) is 5.17. The summed E-state index contributed by atoms with van der Waals surface area (Å²) in [5, 5.41) is 9.73. The van der Waals surface area contributed by atoms with Gasteiger partial charge in [0.25, 0.3) is 5.91 Å². The van der Waals surface area contributed by atoms with Crippen LogP contribution in [0.3, 0.4) is 0 Å². The Morgan fingerprint density at radius 3 is 2.48 bits per heavy atom. The Kier molecular flexibility index (Phi) is 8.91. The molecule has 0 radical (unpaired) electrons. The van der Waals surface area contributed by atoms with Crippen molar-refractivity contribution in [1.29, 1.82) is 0 Å². The largest absolute Gasteiger partial charge is 0.495 e. The van der Waals surface area contributed by atoms with E-state index in [0.29, 0.717) is 34.5 Å². The van der Waals surface area contributed by atoms with Gasteiger partial charge in [0.2, 0.25) is 0 Å². The summed E-state index contributed by atoms with van der Waals surface area (Å²) in [6, 6.07) is 7.45. The molecular weight excluding hydrogens is 603 g/mol. The summed E-state index contributed by atoms with van der Waals surface area (Å²) in [5.41, 5.74) is 2.72. The summed E-state index contributed by atoms with van der Waals surface area (Å²) in [7, 11) is 1.48. The lowest BCUT2D eigenvalue weighted by Gasteiger charge is -2.35. The van der Waals surface area contributed by atoms with Crippen LogP contribution in [0.2, 0.25) is 10.0 Å². The molecule has 0 bridgehead atoms. The molecule has 3 N–H and O–H groups in total. The molecule has 1 aromatic carbocycles. The number of rotatable bonds is 10. The van der Waals surface area contributed by atoms with E-state index in [-0.39, 0.29) is 33.2 Å². The van der Waals surface area contributed by atoms with Crippen molar-refractivity contribution in [2.75, 3.05) is 55.4 Å². The topological polar surface area (TPSA) is 133 Å². The molecule has 2 fully saturated rings. The monoisotopic (exact) mass is 634 g/mol. The Hall–Kier alpha value is -4.26. The van der Waals surface area contributed by atoms with Crippen LogP contribution >= 0.6 is 23.2 Å². The third kappa shape index (κ3) is 6.62. The first-order valence-electron chi connectivity index (χ1n) is 14.4. The molecule has 3 aromatic heterocycles. The number of carbonyl (C=O) groups is 1. The highest BCUT2D eigenvalue weighted by Gasteiger charge is 2.27. The lowest BCUT2D eigenvalue weighted by molar-refractivity contribution is 0.0951. The first kappa shape index (κ1) is 29.8. The maximum atomic E-state index is 12.9. The van der Waals surface area contributed by atoms with Gasteiger partial charge in [-0.05, 0) is 37.6 Å². The molecule has 1 aliphatic carbocycles. The molecule has 1 aliphatic heterocycles. The Morgan fingerprint density at radius 1 is 0.955 bits per heavy atom. The van der Waals surface area contributed by atoms with Gasteiger partial charge in [-0.15, -0.1) is 0 Å². The number of methoxy groups -OCH3 is 1. The van der Waals surface area contributed by atoms with Gasteiger partial charge >= 0.3 is 0 Å². The number of aromatic nitrogens is 5. The highest BCUT2D eigenvalue weighted by atomic mass is 35.5. The van der Waals surface area contributed by atoms with E-state index in [4.69, 9.17) is 27.9 Å². The van der Waals surface area contributed by atoms with Crippen molar-refractivity contribution in [1.82, 2.24) is 35.1 Å². The van der Waals surface area contributed by atoms with E-state index < -0.39 is 0 Å². The number of halogens is 2. The summed E-state index contributed by atoms with van der Waals surface area (Å²) in [5.74, 6) is 1.57. The van der Waals surface area contributed by atoms with Crippen molar-refractivity contribution < 1.29 is 9.53 Å². The number of likely N-dealkylation sites (N-methyl/N-ethyl adjacent to an activating group) is 1. The van der Waals surface area contributed by atoms with Crippen LogP contribution < -0.4 is 25.6 Å². The number of amides is 1. The molecule has 44 heavy (non-hydrogen) atoms. The Labute approximate surface area is 265 Å². The summed E-state index contributed by atoms with van der Waals surface area (Å²) in [4.78, 5) is 39.7. The molecule has 1 saturated heterocycles. The molecule has 12 nitrogen and oxygen atoms in total. The molecule has 4 aromatic rings. The second-order valence-electron chi connectivity index (χ2n) is 10.5. The third-order valence-corrected chi connectivity index (χ3v) is 8.40. The number of hydrogen-bond donors (Lipinski definition) is 3. The van der Waals surface area contributed by atoms with Gasteiger partial charge in [0.1, 0.15) is 40.9 Å². The zero-order valence-electron chi connectivity index (χ0n) is 24.3. The molecule has 6 rings (SSSR count). The quantitative estimate of drug-likeness (QED) is 0.213. The molecule has 1 amide bonds. The van der Waals surface area contributed by atoms with Gasteiger partial charge in [-0.1, -0.05) is 30.1 Å². The lowest BCUT2D eigenvalue weighted by atomic mass is 10.1. The first-order chi connectivity index (χ1) is 21.4. The fourth-order valence-electron chi connectivity index (χ4n) is 4.93. The second kappa shape index (κ2) is 13.2. The molecule has 14 heteroatoms. The van der Waals surface area contributed by atoms with Gasteiger partial charge in [-0.2, -0.15) is 0 Å². The summed E-state index contributed by atoms with van der Waals surface area (Å²) in [6.45, 7) is 7.33. The number of ether oxygens (including phenoxy) is 1. The van der Waals surface area contributed by atoms with Crippen molar-refractivity contribution in [3.05, 3.63) is 64.9 Å². The zero-order valence-corrected chi connectivity index (χ0v) is 25.9.